The van der Waals surface area contributed by atoms with Crippen LogP contribution in [0, 0.1) is 6.92 Å². The molecule has 0 N–H and O–H groups in total. The standard InChI is InChI=1S/C23H22S/c1-15-14-17-10-5-6-11-18(17)21-20-13-7-12-19(23(20)24-22(15)21)16-8-3-2-4-9-16/h5-7,10-14,16H,2-4,8-9H2,1H3. The minimum atomic E-state index is 0.766. The van der Waals surface area contributed by atoms with Gasteiger partial charge < -0.3 is 0 Å². The number of thiophene rings is 1. The van der Waals surface area contributed by atoms with Crippen LogP contribution in [0.2, 0.25) is 0 Å². The average Bonchev–Trinajstić information content (AvgIpc) is 3.03. The van der Waals surface area contributed by atoms with E-state index < -0.39 is 0 Å². The highest BCUT2D eigenvalue weighted by atomic mass is 32.1. The van der Waals surface area contributed by atoms with E-state index in [1.165, 1.54) is 63.9 Å². The summed E-state index contributed by atoms with van der Waals surface area (Å²) in [5.74, 6) is 0.766. The summed E-state index contributed by atoms with van der Waals surface area (Å²) < 4.78 is 3.02. The maximum absolute atomic E-state index is 2.39. The molecule has 0 atom stereocenters. The normalized spacial score (nSPS) is 16.4. The Morgan fingerprint density at radius 2 is 1.62 bits per heavy atom. The molecule has 0 radical (unpaired) electrons. The first-order chi connectivity index (χ1) is 11.8. The summed E-state index contributed by atoms with van der Waals surface area (Å²) in [5, 5.41) is 5.72. The molecule has 0 nitrogen and oxygen atoms in total. The third kappa shape index (κ3) is 2.11. The molecule has 120 valence electrons. The van der Waals surface area contributed by atoms with Crippen molar-refractivity contribution in [3.8, 4) is 0 Å². The van der Waals surface area contributed by atoms with Gasteiger partial charge in [0.25, 0.3) is 0 Å². The minimum Gasteiger partial charge on any atom is -0.135 e. The average molecular weight is 330 g/mol. The molecule has 1 saturated carbocycles. The molecule has 0 unspecified atom stereocenters. The summed E-state index contributed by atoms with van der Waals surface area (Å²) in [6.45, 7) is 2.27. The first-order valence-electron chi connectivity index (χ1n) is 9.16. The van der Waals surface area contributed by atoms with Crippen LogP contribution in [-0.2, 0) is 0 Å². The van der Waals surface area contributed by atoms with Crippen molar-refractivity contribution in [1.29, 1.82) is 0 Å². The minimum absolute atomic E-state index is 0.766. The zero-order valence-electron chi connectivity index (χ0n) is 14.1. The second kappa shape index (κ2) is 5.60. The molecule has 24 heavy (non-hydrogen) atoms. The predicted molar refractivity (Wildman–Crippen MR) is 107 cm³/mol. The summed E-state index contributed by atoms with van der Waals surface area (Å²) in [5.41, 5.74) is 3.02. The molecule has 1 aliphatic rings. The molecule has 1 fully saturated rings. The predicted octanol–water partition coefficient (Wildman–Crippen LogP) is 7.56. The Morgan fingerprint density at radius 1 is 0.833 bits per heavy atom. The number of benzene rings is 3. The van der Waals surface area contributed by atoms with Crippen LogP contribution in [0.5, 0.6) is 0 Å². The Kier molecular flexibility index (Phi) is 3.38. The second-order valence-electron chi connectivity index (χ2n) is 7.28. The van der Waals surface area contributed by atoms with E-state index in [1.54, 1.807) is 10.3 Å². The molecule has 0 amide bonds. The summed E-state index contributed by atoms with van der Waals surface area (Å²) >= 11 is 2.02. The Hall–Kier alpha value is -1.86. The molecular formula is C23H22S. The molecule has 4 aromatic rings. The van der Waals surface area contributed by atoms with Crippen molar-refractivity contribution in [2.75, 3.05) is 0 Å². The number of fused-ring (bicyclic) bond motifs is 5. The number of hydrogen-bond acceptors (Lipinski definition) is 1. The highest BCUT2D eigenvalue weighted by molar-refractivity contribution is 7.26. The first-order valence-corrected chi connectivity index (χ1v) is 9.98. The molecule has 3 aromatic carbocycles. The molecule has 0 saturated heterocycles. The van der Waals surface area contributed by atoms with E-state index in [9.17, 15) is 0 Å². The molecule has 0 spiro atoms. The van der Waals surface area contributed by atoms with E-state index in [-0.39, 0.29) is 0 Å². The van der Waals surface area contributed by atoms with Crippen LogP contribution in [0.1, 0.15) is 49.1 Å². The van der Waals surface area contributed by atoms with Crippen LogP contribution in [0.3, 0.4) is 0 Å². The highest BCUT2D eigenvalue weighted by Crippen LogP contribution is 2.45. The van der Waals surface area contributed by atoms with Gasteiger partial charge >= 0.3 is 0 Å². The zero-order chi connectivity index (χ0) is 16.1. The van der Waals surface area contributed by atoms with Gasteiger partial charge in [-0.05, 0) is 53.6 Å². The van der Waals surface area contributed by atoms with Gasteiger partial charge in [-0.15, -0.1) is 11.3 Å². The third-order valence-electron chi connectivity index (χ3n) is 5.75. The SMILES string of the molecule is Cc1cc2ccccc2c2c1sc1c(C3CCCCC3)cccc12. The molecule has 1 aromatic heterocycles. The molecule has 1 heterocycles. The van der Waals surface area contributed by atoms with E-state index >= 15 is 0 Å². The molecule has 5 rings (SSSR count). The van der Waals surface area contributed by atoms with Crippen LogP contribution in [-0.4, -0.2) is 0 Å². The van der Waals surface area contributed by atoms with Crippen LogP contribution in [0.25, 0.3) is 30.9 Å². The van der Waals surface area contributed by atoms with E-state index in [2.05, 4.69) is 55.5 Å². The number of hydrogen-bond donors (Lipinski definition) is 0. The van der Waals surface area contributed by atoms with Crippen LogP contribution in [0.15, 0.2) is 48.5 Å². The van der Waals surface area contributed by atoms with Crippen LogP contribution < -0.4 is 0 Å². The van der Waals surface area contributed by atoms with Crippen molar-refractivity contribution in [2.45, 2.75) is 44.9 Å². The molecular weight excluding hydrogens is 308 g/mol. The quantitative estimate of drug-likeness (QED) is 0.338. The lowest BCUT2D eigenvalue weighted by atomic mass is 9.83. The van der Waals surface area contributed by atoms with Crippen molar-refractivity contribution in [1.82, 2.24) is 0 Å². The van der Waals surface area contributed by atoms with E-state index in [4.69, 9.17) is 0 Å². The Bertz CT molecular complexity index is 1050. The number of aryl methyl sites for hydroxylation is 1. The van der Waals surface area contributed by atoms with Gasteiger partial charge in [0.2, 0.25) is 0 Å². The molecule has 0 bridgehead atoms. The van der Waals surface area contributed by atoms with Gasteiger partial charge in [0.05, 0.1) is 0 Å². The first kappa shape index (κ1) is 14.5. The van der Waals surface area contributed by atoms with E-state index in [1.807, 2.05) is 11.3 Å². The lowest BCUT2D eigenvalue weighted by molar-refractivity contribution is 0.446. The summed E-state index contributed by atoms with van der Waals surface area (Å²) in [6, 6.07) is 18.2. The van der Waals surface area contributed by atoms with Gasteiger partial charge in [-0.25, -0.2) is 0 Å². The van der Waals surface area contributed by atoms with Crippen molar-refractivity contribution < 1.29 is 0 Å². The smallest absolute Gasteiger partial charge is 0.0391 e. The Morgan fingerprint density at radius 3 is 2.50 bits per heavy atom. The van der Waals surface area contributed by atoms with Gasteiger partial charge in [-0.3, -0.25) is 0 Å². The van der Waals surface area contributed by atoms with Crippen molar-refractivity contribution in [3.63, 3.8) is 0 Å². The topological polar surface area (TPSA) is 0 Å². The van der Waals surface area contributed by atoms with Gasteiger partial charge in [0.15, 0.2) is 0 Å². The van der Waals surface area contributed by atoms with Crippen LogP contribution in [0.4, 0.5) is 0 Å². The highest BCUT2D eigenvalue weighted by Gasteiger charge is 2.20. The molecule has 0 aliphatic heterocycles. The fourth-order valence-electron chi connectivity index (χ4n) is 4.57. The second-order valence-corrected chi connectivity index (χ2v) is 8.30. The van der Waals surface area contributed by atoms with Gasteiger partial charge in [0, 0.05) is 20.2 Å². The lowest BCUT2D eigenvalue weighted by Crippen LogP contribution is -2.04. The fraction of sp³-hybridized carbons (Fsp3) is 0.304. The van der Waals surface area contributed by atoms with Gasteiger partial charge in [-0.1, -0.05) is 61.7 Å². The lowest BCUT2D eigenvalue weighted by Gasteiger charge is -2.22. The monoisotopic (exact) mass is 330 g/mol. The zero-order valence-corrected chi connectivity index (χ0v) is 15.0. The largest absolute Gasteiger partial charge is 0.135 e. The number of rotatable bonds is 1. The molecule has 1 aliphatic carbocycles. The fourth-order valence-corrected chi connectivity index (χ4v) is 5.95. The van der Waals surface area contributed by atoms with E-state index in [0.717, 1.165) is 5.92 Å². The summed E-state index contributed by atoms with van der Waals surface area (Å²) in [6.07, 6.45) is 6.95. The molecule has 1 heteroatoms. The maximum atomic E-state index is 2.39. The van der Waals surface area contributed by atoms with Crippen molar-refractivity contribution in [3.05, 3.63) is 59.7 Å². The van der Waals surface area contributed by atoms with Gasteiger partial charge in [-0.2, -0.15) is 0 Å². The summed E-state index contributed by atoms with van der Waals surface area (Å²) in [7, 11) is 0. The third-order valence-corrected chi connectivity index (χ3v) is 7.14. The van der Waals surface area contributed by atoms with Gasteiger partial charge in [0.1, 0.15) is 0 Å². The summed E-state index contributed by atoms with van der Waals surface area (Å²) in [4.78, 5) is 0. The Labute approximate surface area is 147 Å². The Balaban J connectivity index is 1.88. The van der Waals surface area contributed by atoms with Crippen molar-refractivity contribution in [2.24, 2.45) is 0 Å². The van der Waals surface area contributed by atoms with Crippen LogP contribution >= 0.6 is 11.3 Å². The maximum Gasteiger partial charge on any atom is 0.0391 e. The van der Waals surface area contributed by atoms with E-state index in [0.29, 0.717) is 0 Å². The van der Waals surface area contributed by atoms with Crippen molar-refractivity contribution >= 4 is 42.3 Å².